The predicted molar refractivity (Wildman–Crippen MR) is 75.7 cm³/mol. The van der Waals surface area contributed by atoms with Crippen LogP contribution in [0.2, 0.25) is 0 Å². The molecule has 0 fully saturated rings. The van der Waals surface area contributed by atoms with E-state index in [-0.39, 0.29) is 0 Å². The van der Waals surface area contributed by atoms with Gasteiger partial charge in [-0.05, 0) is 38.1 Å². The van der Waals surface area contributed by atoms with Crippen LogP contribution >= 0.6 is 0 Å². The fraction of sp³-hybridized carbons (Fsp3) is 0.250. The molecule has 0 saturated heterocycles. The van der Waals surface area contributed by atoms with E-state index in [0.717, 1.165) is 5.69 Å². The van der Waals surface area contributed by atoms with Crippen LogP contribution < -0.4 is 10.5 Å². The summed E-state index contributed by atoms with van der Waals surface area (Å²) in [5, 5.41) is 3.60. The van der Waals surface area contributed by atoms with Crippen LogP contribution in [0.4, 0.5) is 11.5 Å². The zero-order chi connectivity index (χ0) is 14.0. The van der Waals surface area contributed by atoms with Gasteiger partial charge in [-0.25, -0.2) is 13.1 Å². The monoisotopic (exact) mass is 280 g/mol. The molecule has 0 radical (unpaired) electrons. The van der Waals surface area contributed by atoms with Crippen molar-refractivity contribution in [2.45, 2.75) is 19.1 Å². The maximum Gasteiger partial charge on any atom is 0.236 e. The van der Waals surface area contributed by atoms with Crippen molar-refractivity contribution in [3.05, 3.63) is 36.5 Å². The molecule has 102 valence electrons. The highest BCUT2D eigenvalue weighted by Crippen LogP contribution is 2.18. The van der Waals surface area contributed by atoms with Gasteiger partial charge in [0.15, 0.2) is 0 Å². The van der Waals surface area contributed by atoms with Crippen molar-refractivity contribution in [2.75, 3.05) is 10.5 Å². The van der Waals surface area contributed by atoms with E-state index in [1.165, 1.54) is 10.9 Å². The lowest BCUT2D eigenvalue weighted by Crippen LogP contribution is -2.23. The minimum atomic E-state index is -3.40. The Kier molecular flexibility index (Phi) is 3.48. The molecule has 7 heteroatoms. The van der Waals surface area contributed by atoms with Gasteiger partial charge in [-0.3, -0.25) is 4.72 Å². The highest BCUT2D eigenvalue weighted by atomic mass is 32.2. The van der Waals surface area contributed by atoms with E-state index in [1.54, 1.807) is 44.2 Å². The molecule has 2 rings (SSSR count). The Hall–Kier alpha value is -2.02. The average Bonchev–Trinajstić information content (AvgIpc) is 2.77. The molecule has 0 aliphatic carbocycles. The molecular weight excluding hydrogens is 264 g/mol. The number of hydrogen-bond donors (Lipinski definition) is 2. The largest absolute Gasteiger partial charge is 0.399 e. The van der Waals surface area contributed by atoms with E-state index in [9.17, 15) is 8.42 Å². The van der Waals surface area contributed by atoms with Crippen LogP contribution in [0.5, 0.6) is 0 Å². The molecule has 0 aliphatic rings. The second kappa shape index (κ2) is 4.93. The second-order valence-electron chi connectivity index (χ2n) is 4.42. The van der Waals surface area contributed by atoms with Crippen molar-refractivity contribution in [3.63, 3.8) is 0 Å². The molecule has 0 bridgehead atoms. The van der Waals surface area contributed by atoms with Crippen molar-refractivity contribution in [1.82, 2.24) is 9.78 Å². The summed E-state index contributed by atoms with van der Waals surface area (Å²) in [7, 11) is -3.40. The zero-order valence-electron chi connectivity index (χ0n) is 10.7. The third-order valence-electron chi connectivity index (χ3n) is 2.65. The first-order valence-corrected chi connectivity index (χ1v) is 7.36. The quantitative estimate of drug-likeness (QED) is 0.832. The van der Waals surface area contributed by atoms with Crippen LogP contribution in [-0.4, -0.2) is 23.4 Å². The van der Waals surface area contributed by atoms with Gasteiger partial charge in [0.25, 0.3) is 0 Å². The van der Waals surface area contributed by atoms with Crippen LogP contribution in [0.1, 0.15) is 13.8 Å². The molecule has 6 nitrogen and oxygen atoms in total. The van der Waals surface area contributed by atoms with E-state index < -0.39 is 15.3 Å². The topological polar surface area (TPSA) is 90.0 Å². The number of nitrogens with one attached hydrogen (secondary N) is 1. The van der Waals surface area contributed by atoms with Crippen molar-refractivity contribution < 1.29 is 8.42 Å². The number of nitrogens with two attached hydrogens (primary N) is 1. The smallest absolute Gasteiger partial charge is 0.236 e. The fourth-order valence-electron chi connectivity index (χ4n) is 1.47. The first-order valence-electron chi connectivity index (χ1n) is 5.82. The highest BCUT2D eigenvalue weighted by molar-refractivity contribution is 7.93. The van der Waals surface area contributed by atoms with Crippen LogP contribution in [-0.2, 0) is 10.0 Å². The van der Waals surface area contributed by atoms with Crippen LogP contribution in [0, 0.1) is 0 Å². The Bertz CT molecular complexity index is 659. The summed E-state index contributed by atoms with van der Waals surface area (Å²) in [6.07, 6.45) is 1.54. The third kappa shape index (κ3) is 2.87. The summed E-state index contributed by atoms with van der Waals surface area (Å²) in [5.41, 5.74) is 6.99. The van der Waals surface area contributed by atoms with Crippen LogP contribution in [0.15, 0.2) is 36.5 Å². The van der Waals surface area contributed by atoms with E-state index in [2.05, 4.69) is 9.82 Å². The molecule has 0 unspecified atom stereocenters. The van der Waals surface area contributed by atoms with Crippen molar-refractivity contribution >= 4 is 21.5 Å². The van der Waals surface area contributed by atoms with E-state index in [0.29, 0.717) is 11.5 Å². The number of hydrogen-bond acceptors (Lipinski definition) is 4. The first kappa shape index (κ1) is 13.4. The summed E-state index contributed by atoms with van der Waals surface area (Å²) >= 11 is 0. The second-order valence-corrected chi connectivity index (χ2v) is 6.65. The lowest BCUT2D eigenvalue weighted by atomic mass is 10.3. The van der Waals surface area contributed by atoms with Crippen molar-refractivity contribution in [1.29, 1.82) is 0 Å². The Morgan fingerprint density at radius 2 is 1.84 bits per heavy atom. The summed E-state index contributed by atoms with van der Waals surface area (Å²) < 4.78 is 27.8. The molecule has 1 aromatic heterocycles. The summed E-state index contributed by atoms with van der Waals surface area (Å²) in [4.78, 5) is 0. The minimum Gasteiger partial charge on any atom is -0.399 e. The molecule has 19 heavy (non-hydrogen) atoms. The number of sulfonamides is 1. The zero-order valence-corrected chi connectivity index (χ0v) is 11.6. The normalized spacial score (nSPS) is 11.7. The minimum absolute atomic E-state index is 0.401. The molecule has 2 aromatic rings. The lowest BCUT2D eigenvalue weighted by molar-refractivity contribution is 0.592. The summed E-state index contributed by atoms with van der Waals surface area (Å²) in [6, 6.07) is 8.62. The average molecular weight is 280 g/mol. The van der Waals surface area contributed by atoms with Gasteiger partial charge >= 0.3 is 0 Å². The Morgan fingerprint density at radius 1 is 1.21 bits per heavy atom. The number of rotatable bonds is 4. The van der Waals surface area contributed by atoms with Crippen molar-refractivity contribution in [3.8, 4) is 5.69 Å². The maximum absolute atomic E-state index is 11.9. The van der Waals surface area contributed by atoms with Crippen LogP contribution in [0.3, 0.4) is 0 Å². The molecule has 0 spiro atoms. The van der Waals surface area contributed by atoms with E-state index in [1.807, 2.05) is 0 Å². The van der Waals surface area contributed by atoms with Gasteiger partial charge in [0, 0.05) is 11.8 Å². The number of nitrogens with zero attached hydrogens (tertiary/aromatic N) is 2. The number of aromatic nitrogens is 2. The molecule has 3 N–H and O–H groups in total. The molecule has 0 saturated carbocycles. The Labute approximate surface area is 112 Å². The number of anilines is 2. The van der Waals surface area contributed by atoms with E-state index in [4.69, 9.17) is 5.73 Å². The standard InChI is InChI=1S/C12H16N4O2S/c1-9(2)19(17,18)15-12-7-8-14-16(12)11-5-3-10(13)4-6-11/h3-9,15H,13H2,1-2H3. The summed E-state index contributed by atoms with van der Waals surface area (Å²) in [5.74, 6) is 0.401. The van der Waals surface area contributed by atoms with Gasteiger partial charge in [0.2, 0.25) is 10.0 Å². The van der Waals surface area contributed by atoms with Crippen LogP contribution in [0.25, 0.3) is 5.69 Å². The molecule has 1 heterocycles. The number of nitrogen functional groups attached to an aromatic ring is 1. The maximum atomic E-state index is 11.9. The molecule has 0 atom stereocenters. The van der Waals surface area contributed by atoms with E-state index >= 15 is 0 Å². The third-order valence-corrected chi connectivity index (χ3v) is 4.38. The molecular formula is C12H16N4O2S. The van der Waals surface area contributed by atoms with Gasteiger partial charge in [-0.15, -0.1) is 0 Å². The van der Waals surface area contributed by atoms with Crippen molar-refractivity contribution in [2.24, 2.45) is 0 Å². The predicted octanol–water partition coefficient (Wildman–Crippen LogP) is 1.60. The lowest BCUT2D eigenvalue weighted by Gasteiger charge is -2.12. The molecule has 0 aliphatic heterocycles. The van der Waals surface area contributed by atoms with Gasteiger partial charge in [0.05, 0.1) is 17.1 Å². The van der Waals surface area contributed by atoms with Gasteiger partial charge < -0.3 is 5.73 Å². The fourth-order valence-corrected chi connectivity index (χ4v) is 2.15. The Balaban J connectivity index is 2.36. The molecule has 0 amide bonds. The first-order chi connectivity index (χ1) is 8.90. The molecule has 1 aromatic carbocycles. The Morgan fingerprint density at radius 3 is 2.42 bits per heavy atom. The van der Waals surface area contributed by atoms with Gasteiger partial charge in [-0.1, -0.05) is 0 Å². The number of benzene rings is 1. The summed E-state index contributed by atoms with van der Waals surface area (Å²) in [6.45, 7) is 3.23. The van der Waals surface area contributed by atoms with Gasteiger partial charge in [0.1, 0.15) is 5.82 Å². The highest BCUT2D eigenvalue weighted by Gasteiger charge is 2.18. The van der Waals surface area contributed by atoms with Gasteiger partial charge in [-0.2, -0.15) is 5.10 Å². The SMILES string of the molecule is CC(C)S(=O)(=O)Nc1ccnn1-c1ccc(N)cc1.